The predicted molar refractivity (Wildman–Crippen MR) is 64.1 cm³/mol. The summed E-state index contributed by atoms with van der Waals surface area (Å²) in [6.45, 7) is 7.31. The zero-order valence-corrected chi connectivity index (χ0v) is 10.5. The van der Waals surface area contributed by atoms with Crippen LogP contribution in [0.25, 0.3) is 0 Å². The van der Waals surface area contributed by atoms with Crippen molar-refractivity contribution in [1.82, 2.24) is 10.3 Å². The Balaban J connectivity index is 2.47. The Morgan fingerprint density at radius 1 is 1.60 bits per heavy atom. The summed E-state index contributed by atoms with van der Waals surface area (Å²) >= 11 is 1.68. The van der Waals surface area contributed by atoms with Crippen molar-refractivity contribution in [3.8, 4) is 0 Å². The number of aromatic nitrogens is 1. The number of aryl methyl sites for hydroxylation is 1. The second kappa shape index (κ2) is 5.58. The van der Waals surface area contributed by atoms with E-state index in [0.717, 1.165) is 30.1 Å². The molecule has 1 aromatic rings. The summed E-state index contributed by atoms with van der Waals surface area (Å²) in [6, 6.07) is 0. The first-order chi connectivity index (χ1) is 7.09. The zero-order chi connectivity index (χ0) is 11.3. The monoisotopic (exact) mass is 228 g/mol. The minimum Gasteiger partial charge on any atom is -0.396 e. The van der Waals surface area contributed by atoms with Gasteiger partial charge in [-0.3, -0.25) is 0 Å². The summed E-state index contributed by atoms with van der Waals surface area (Å²) in [5.74, 6) is 0. The van der Waals surface area contributed by atoms with Crippen molar-refractivity contribution in [2.45, 2.75) is 45.7 Å². The Kier molecular flexibility index (Phi) is 4.70. The Bertz CT molecular complexity index is 301. The quantitative estimate of drug-likeness (QED) is 0.783. The average Bonchev–Trinajstić information content (AvgIpc) is 2.62. The van der Waals surface area contributed by atoms with Crippen molar-refractivity contribution in [3.05, 3.63) is 16.1 Å². The van der Waals surface area contributed by atoms with Crippen LogP contribution < -0.4 is 5.32 Å². The molecular weight excluding hydrogens is 208 g/mol. The summed E-state index contributed by atoms with van der Waals surface area (Å²) < 4.78 is 0. The fourth-order valence-electron chi connectivity index (χ4n) is 1.41. The van der Waals surface area contributed by atoms with E-state index in [1.807, 2.05) is 6.92 Å². The smallest absolute Gasteiger partial charge is 0.107 e. The molecule has 0 saturated carbocycles. The van der Waals surface area contributed by atoms with Gasteiger partial charge in [0.05, 0.1) is 0 Å². The molecule has 1 atom stereocenters. The second-order valence-corrected chi connectivity index (χ2v) is 5.07. The lowest BCUT2D eigenvalue weighted by molar-refractivity contribution is 0.214. The highest BCUT2D eigenvalue weighted by molar-refractivity contribution is 7.09. The molecule has 0 fully saturated rings. The highest BCUT2D eigenvalue weighted by atomic mass is 32.1. The summed E-state index contributed by atoms with van der Waals surface area (Å²) in [7, 11) is 0. The third kappa shape index (κ3) is 3.89. The van der Waals surface area contributed by atoms with E-state index in [1.54, 1.807) is 11.3 Å². The molecular formula is C11H20N2OS. The zero-order valence-electron chi connectivity index (χ0n) is 9.71. The van der Waals surface area contributed by atoms with Gasteiger partial charge in [-0.15, -0.1) is 11.3 Å². The van der Waals surface area contributed by atoms with Gasteiger partial charge in [0, 0.05) is 29.8 Å². The average molecular weight is 228 g/mol. The Morgan fingerprint density at radius 3 is 2.80 bits per heavy atom. The van der Waals surface area contributed by atoms with Crippen LogP contribution in [0.2, 0.25) is 0 Å². The van der Waals surface area contributed by atoms with Crippen LogP contribution in [0.15, 0.2) is 5.38 Å². The molecule has 2 N–H and O–H groups in total. The van der Waals surface area contributed by atoms with Crippen LogP contribution >= 0.6 is 11.3 Å². The molecule has 0 unspecified atom stereocenters. The number of aliphatic hydroxyl groups excluding tert-OH is 1. The van der Waals surface area contributed by atoms with Crippen LogP contribution in [-0.2, 0) is 6.54 Å². The molecule has 0 radical (unpaired) electrons. The lowest BCUT2D eigenvalue weighted by atomic mass is 9.95. The van der Waals surface area contributed by atoms with Crippen molar-refractivity contribution in [2.24, 2.45) is 0 Å². The van der Waals surface area contributed by atoms with Crippen molar-refractivity contribution in [2.75, 3.05) is 6.61 Å². The van der Waals surface area contributed by atoms with Crippen LogP contribution in [-0.4, -0.2) is 22.2 Å². The van der Waals surface area contributed by atoms with Gasteiger partial charge < -0.3 is 10.4 Å². The van der Waals surface area contributed by atoms with Gasteiger partial charge in [-0.05, 0) is 26.7 Å². The van der Waals surface area contributed by atoms with Crippen LogP contribution in [0.1, 0.15) is 37.4 Å². The molecule has 86 valence electrons. The topological polar surface area (TPSA) is 45.1 Å². The Morgan fingerprint density at radius 2 is 2.33 bits per heavy atom. The predicted octanol–water partition coefficient (Wildman–Crippen LogP) is 2.09. The second-order valence-electron chi connectivity index (χ2n) is 4.12. The van der Waals surface area contributed by atoms with Crippen LogP contribution in [0.3, 0.4) is 0 Å². The van der Waals surface area contributed by atoms with Crippen molar-refractivity contribution in [3.63, 3.8) is 0 Å². The summed E-state index contributed by atoms with van der Waals surface area (Å²) in [5.41, 5.74) is 1.10. The lowest BCUT2D eigenvalue weighted by Gasteiger charge is -2.28. The molecule has 0 aliphatic rings. The maximum Gasteiger partial charge on any atom is 0.107 e. The number of aliphatic hydroxyl groups is 1. The molecule has 0 saturated heterocycles. The normalized spacial score (nSPS) is 15.2. The molecule has 0 amide bonds. The van der Waals surface area contributed by atoms with E-state index >= 15 is 0 Å². The molecule has 0 aromatic carbocycles. The Labute approximate surface area is 95.6 Å². The molecule has 3 nitrogen and oxygen atoms in total. The van der Waals surface area contributed by atoms with Gasteiger partial charge >= 0.3 is 0 Å². The van der Waals surface area contributed by atoms with Gasteiger partial charge in [0.25, 0.3) is 0 Å². The van der Waals surface area contributed by atoms with E-state index in [0.29, 0.717) is 0 Å². The first kappa shape index (κ1) is 12.6. The van der Waals surface area contributed by atoms with E-state index in [-0.39, 0.29) is 12.1 Å². The molecule has 1 rings (SSSR count). The van der Waals surface area contributed by atoms with Crippen LogP contribution in [0, 0.1) is 6.92 Å². The number of rotatable bonds is 6. The van der Waals surface area contributed by atoms with E-state index in [2.05, 4.69) is 29.5 Å². The van der Waals surface area contributed by atoms with E-state index in [9.17, 15) is 0 Å². The summed E-state index contributed by atoms with van der Waals surface area (Å²) in [5, 5.41) is 15.6. The fraction of sp³-hybridized carbons (Fsp3) is 0.727. The van der Waals surface area contributed by atoms with Crippen molar-refractivity contribution >= 4 is 11.3 Å². The highest BCUT2D eigenvalue weighted by Crippen LogP contribution is 2.16. The molecule has 15 heavy (non-hydrogen) atoms. The molecule has 1 aromatic heterocycles. The number of hydrogen-bond acceptors (Lipinski definition) is 4. The SMILES string of the molecule is CC[C@@](C)(CCO)NCc1nc(C)cs1. The summed E-state index contributed by atoms with van der Waals surface area (Å²) in [6.07, 6.45) is 1.80. The first-order valence-electron chi connectivity index (χ1n) is 5.36. The van der Waals surface area contributed by atoms with Gasteiger partial charge in [-0.25, -0.2) is 4.98 Å². The molecule has 0 aliphatic heterocycles. The molecule has 1 heterocycles. The summed E-state index contributed by atoms with van der Waals surface area (Å²) in [4.78, 5) is 4.40. The van der Waals surface area contributed by atoms with Gasteiger partial charge in [-0.1, -0.05) is 6.92 Å². The molecule has 0 bridgehead atoms. The first-order valence-corrected chi connectivity index (χ1v) is 6.24. The lowest BCUT2D eigenvalue weighted by Crippen LogP contribution is -2.42. The van der Waals surface area contributed by atoms with Crippen LogP contribution in [0.4, 0.5) is 0 Å². The van der Waals surface area contributed by atoms with Crippen LogP contribution in [0.5, 0.6) is 0 Å². The fourth-order valence-corrected chi connectivity index (χ4v) is 2.12. The largest absolute Gasteiger partial charge is 0.396 e. The maximum atomic E-state index is 8.98. The highest BCUT2D eigenvalue weighted by Gasteiger charge is 2.20. The third-order valence-electron chi connectivity index (χ3n) is 2.78. The van der Waals surface area contributed by atoms with Gasteiger partial charge in [0.15, 0.2) is 0 Å². The molecule has 4 heteroatoms. The molecule has 0 spiro atoms. The standard InChI is InChI=1S/C11H20N2OS/c1-4-11(3,5-6-14)12-7-10-13-9(2)8-15-10/h8,12,14H,4-7H2,1-3H3/t11-/m0/s1. The van der Waals surface area contributed by atoms with E-state index in [1.165, 1.54) is 0 Å². The number of thiazole rings is 1. The third-order valence-corrected chi connectivity index (χ3v) is 3.74. The van der Waals surface area contributed by atoms with Crippen molar-refractivity contribution < 1.29 is 5.11 Å². The minimum atomic E-state index is 0.0221. The molecule has 0 aliphatic carbocycles. The van der Waals surface area contributed by atoms with E-state index in [4.69, 9.17) is 5.11 Å². The van der Waals surface area contributed by atoms with Gasteiger partial charge in [0.1, 0.15) is 5.01 Å². The number of nitrogens with one attached hydrogen (secondary N) is 1. The van der Waals surface area contributed by atoms with Crippen molar-refractivity contribution in [1.29, 1.82) is 0 Å². The minimum absolute atomic E-state index is 0.0221. The Hall–Kier alpha value is -0.450. The van der Waals surface area contributed by atoms with Gasteiger partial charge in [-0.2, -0.15) is 0 Å². The number of nitrogens with zero attached hydrogens (tertiary/aromatic N) is 1. The number of hydrogen-bond donors (Lipinski definition) is 2. The van der Waals surface area contributed by atoms with E-state index < -0.39 is 0 Å². The van der Waals surface area contributed by atoms with Gasteiger partial charge in [0.2, 0.25) is 0 Å². The maximum absolute atomic E-state index is 8.98.